The Kier molecular flexibility index (Phi) is 4.37. The van der Waals surface area contributed by atoms with E-state index in [1.54, 1.807) is 23.3 Å². The molecule has 0 aliphatic carbocycles. The number of piperazine rings is 1. The van der Waals surface area contributed by atoms with Crippen LogP contribution in [0.1, 0.15) is 23.3 Å². The molecule has 6 heterocycles. The molecule has 2 aromatic rings. The number of amides is 1. The maximum atomic E-state index is 12.9. The molecular formula is C19H25N7O. The van der Waals surface area contributed by atoms with Crippen molar-refractivity contribution >= 4 is 5.91 Å². The van der Waals surface area contributed by atoms with Crippen LogP contribution in [0, 0.1) is 5.92 Å². The topological polar surface area (TPSA) is 70.4 Å². The molecule has 0 unspecified atom stereocenters. The summed E-state index contributed by atoms with van der Waals surface area (Å²) in [6.45, 7) is 7.24. The Morgan fingerprint density at radius 2 is 1.70 bits per heavy atom. The Morgan fingerprint density at radius 3 is 2.37 bits per heavy atom. The Balaban J connectivity index is 1.23. The molecule has 8 heteroatoms. The van der Waals surface area contributed by atoms with Crippen LogP contribution in [-0.2, 0) is 0 Å². The number of rotatable bonds is 3. The van der Waals surface area contributed by atoms with Crippen LogP contribution in [0.15, 0.2) is 30.9 Å². The summed E-state index contributed by atoms with van der Waals surface area (Å²) >= 11 is 0. The average molecular weight is 367 g/mol. The van der Waals surface area contributed by atoms with Gasteiger partial charge in [-0.2, -0.15) is 0 Å². The van der Waals surface area contributed by atoms with Crippen molar-refractivity contribution in [2.75, 3.05) is 45.8 Å². The molecule has 6 rings (SSSR count). The monoisotopic (exact) mass is 367 g/mol. The van der Waals surface area contributed by atoms with Gasteiger partial charge in [0, 0.05) is 38.8 Å². The first-order valence-corrected chi connectivity index (χ1v) is 9.86. The molecule has 0 N–H and O–H groups in total. The largest absolute Gasteiger partial charge is 0.335 e. The smallest absolute Gasteiger partial charge is 0.272 e. The standard InChI is InChI=1S/C19H25N7O/c27-19(16-2-1-3-18(22-16)26-13-20-21-14-26)25-10-8-24(9-11-25)17-12-23-6-4-15(17)5-7-23/h1-3,13-15,17H,4-12H2/t17-/m0/s1. The maximum absolute atomic E-state index is 12.9. The van der Waals surface area contributed by atoms with E-state index < -0.39 is 0 Å². The van der Waals surface area contributed by atoms with Crippen molar-refractivity contribution in [1.29, 1.82) is 0 Å². The zero-order chi connectivity index (χ0) is 18.2. The van der Waals surface area contributed by atoms with E-state index in [-0.39, 0.29) is 5.91 Å². The minimum atomic E-state index is 0.0125. The van der Waals surface area contributed by atoms with Crippen molar-refractivity contribution in [3.8, 4) is 5.82 Å². The molecule has 4 saturated heterocycles. The third-order valence-electron chi connectivity index (χ3n) is 6.33. The summed E-state index contributed by atoms with van der Waals surface area (Å²) in [5.41, 5.74) is 0.484. The van der Waals surface area contributed by atoms with Crippen LogP contribution in [0.3, 0.4) is 0 Å². The summed E-state index contributed by atoms with van der Waals surface area (Å²) in [6, 6.07) is 6.18. The highest BCUT2D eigenvalue weighted by atomic mass is 16.2. The normalized spacial score (nSPS) is 28.4. The van der Waals surface area contributed by atoms with Crippen molar-refractivity contribution < 1.29 is 4.79 Å². The van der Waals surface area contributed by atoms with Crippen molar-refractivity contribution in [3.63, 3.8) is 0 Å². The highest BCUT2D eigenvalue weighted by Crippen LogP contribution is 2.31. The summed E-state index contributed by atoms with van der Waals surface area (Å²) in [6.07, 6.45) is 5.85. The van der Waals surface area contributed by atoms with Gasteiger partial charge < -0.3 is 9.80 Å². The molecule has 0 radical (unpaired) electrons. The van der Waals surface area contributed by atoms with Gasteiger partial charge in [0.15, 0.2) is 0 Å². The molecule has 1 atom stereocenters. The predicted molar refractivity (Wildman–Crippen MR) is 99.6 cm³/mol. The number of carbonyl (C=O) groups is 1. The van der Waals surface area contributed by atoms with Crippen LogP contribution in [0.4, 0.5) is 0 Å². The van der Waals surface area contributed by atoms with E-state index in [9.17, 15) is 4.79 Å². The molecule has 2 aromatic heterocycles. The fraction of sp³-hybridized carbons (Fsp3) is 0.579. The second kappa shape index (κ2) is 7.01. The quantitative estimate of drug-likeness (QED) is 0.788. The summed E-state index contributed by atoms with van der Waals surface area (Å²) in [4.78, 5) is 24.6. The zero-order valence-electron chi connectivity index (χ0n) is 15.4. The summed E-state index contributed by atoms with van der Waals surface area (Å²) in [5.74, 6) is 1.52. The SMILES string of the molecule is O=C(c1cccc(-n2cnnc2)n1)N1CCN([C@H]2CN3CCC2CC3)CC1. The summed E-state index contributed by atoms with van der Waals surface area (Å²) < 4.78 is 1.71. The number of hydrogen-bond donors (Lipinski definition) is 0. The van der Waals surface area contributed by atoms with Crippen LogP contribution in [0.5, 0.6) is 0 Å². The van der Waals surface area contributed by atoms with Gasteiger partial charge in [-0.15, -0.1) is 10.2 Å². The third kappa shape index (κ3) is 3.23. The van der Waals surface area contributed by atoms with E-state index in [1.807, 2.05) is 17.0 Å². The summed E-state index contributed by atoms with van der Waals surface area (Å²) in [5, 5.41) is 7.60. The molecule has 142 valence electrons. The minimum absolute atomic E-state index is 0.0125. The molecule has 27 heavy (non-hydrogen) atoms. The summed E-state index contributed by atoms with van der Waals surface area (Å²) in [7, 11) is 0. The van der Waals surface area contributed by atoms with Crippen LogP contribution in [0.2, 0.25) is 0 Å². The molecule has 4 fully saturated rings. The second-order valence-electron chi connectivity index (χ2n) is 7.78. The average Bonchev–Trinajstić information content (AvgIpc) is 3.29. The first-order chi connectivity index (χ1) is 13.3. The molecule has 0 saturated carbocycles. The Hall–Kier alpha value is -2.32. The molecule has 8 nitrogen and oxygen atoms in total. The highest BCUT2D eigenvalue weighted by Gasteiger charge is 2.38. The van der Waals surface area contributed by atoms with Gasteiger partial charge >= 0.3 is 0 Å². The second-order valence-corrected chi connectivity index (χ2v) is 7.78. The van der Waals surface area contributed by atoms with Crippen molar-refractivity contribution in [2.24, 2.45) is 5.92 Å². The van der Waals surface area contributed by atoms with Gasteiger partial charge in [-0.3, -0.25) is 14.3 Å². The number of piperidine rings is 3. The fourth-order valence-electron chi connectivity index (χ4n) is 4.77. The van der Waals surface area contributed by atoms with Crippen LogP contribution in [-0.4, -0.2) is 92.2 Å². The molecule has 0 aromatic carbocycles. The number of pyridine rings is 1. The molecular weight excluding hydrogens is 342 g/mol. The van der Waals surface area contributed by atoms with Gasteiger partial charge in [0.1, 0.15) is 24.2 Å². The van der Waals surface area contributed by atoms with E-state index in [2.05, 4.69) is 25.0 Å². The zero-order valence-corrected chi connectivity index (χ0v) is 15.4. The lowest BCUT2D eigenvalue weighted by Crippen LogP contribution is -2.61. The molecule has 4 aliphatic rings. The van der Waals surface area contributed by atoms with Crippen LogP contribution >= 0.6 is 0 Å². The molecule has 4 aliphatic heterocycles. The fourth-order valence-corrected chi connectivity index (χ4v) is 4.77. The number of hydrogen-bond acceptors (Lipinski definition) is 6. The third-order valence-corrected chi connectivity index (χ3v) is 6.33. The van der Waals surface area contributed by atoms with E-state index in [1.165, 1.54) is 32.5 Å². The van der Waals surface area contributed by atoms with Gasteiger partial charge in [0.05, 0.1) is 0 Å². The van der Waals surface area contributed by atoms with Crippen LogP contribution < -0.4 is 0 Å². The predicted octanol–water partition coefficient (Wildman–Crippen LogP) is 0.514. The van der Waals surface area contributed by atoms with E-state index in [0.29, 0.717) is 17.6 Å². The van der Waals surface area contributed by atoms with Crippen molar-refractivity contribution in [1.82, 2.24) is 34.4 Å². The van der Waals surface area contributed by atoms with Gasteiger partial charge in [-0.1, -0.05) is 6.07 Å². The lowest BCUT2D eigenvalue weighted by atomic mass is 9.83. The number of fused-ring (bicyclic) bond motifs is 3. The van der Waals surface area contributed by atoms with Crippen molar-refractivity contribution in [3.05, 3.63) is 36.5 Å². The van der Waals surface area contributed by atoms with Gasteiger partial charge in [-0.25, -0.2) is 4.98 Å². The number of aromatic nitrogens is 4. The Morgan fingerprint density at radius 1 is 0.963 bits per heavy atom. The van der Waals surface area contributed by atoms with E-state index in [0.717, 1.165) is 32.1 Å². The van der Waals surface area contributed by atoms with Gasteiger partial charge in [-0.05, 0) is 44.0 Å². The Labute approximate surface area is 158 Å². The lowest BCUT2D eigenvalue weighted by Gasteiger charge is -2.50. The van der Waals surface area contributed by atoms with E-state index in [4.69, 9.17) is 0 Å². The molecule has 1 amide bonds. The number of carbonyl (C=O) groups excluding carboxylic acids is 1. The first-order valence-electron chi connectivity index (χ1n) is 9.86. The van der Waals surface area contributed by atoms with Crippen LogP contribution in [0.25, 0.3) is 5.82 Å². The minimum Gasteiger partial charge on any atom is -0.335 e. The van der Waals surface area contributed by atoms with E-state index >= 15 is 0 Å². The van der Waals surface area contributed by atoms with Gasteiger partial charge in [0.2, 0.25) is 0 Å². The lowest BCUT2D eigenvalue weighted by molar-refractivity contribution is -0.0131. The number of nitrogens with zero attached hydrogens (tertiary/aromatic N) is 7. The van der Waals surface area contributed by atoms with Gasteiger partial charge in [0.25, 0.3) is 5.91 Å². The highest BCUT2D eigenvalue weighted by molar-refractivity contribution is 5.92. The molecule has 2 bridgehead atoms. The van der Waals surface area contributed by atoms with Crippen molar-refractivity contribution in [2.45, 2.75) is 18.9 Å². The molecule has 0 spiro atoms. The first kappa shape index (κ1) is 16.8. The maximum Gasteiger partial charge on any atom is 0.272 e. The Bertz CT molecular complexity index is 792.